The number of ether oxygens (including phenoxy) is 2. The highest BCUT2D eigenvalue weighted by molar-refractivity contribution is 9.10. The quantitative estimate of drug-likeness (QED) is 0.0997. The van der Waals surface area contributed by atoms with E-state index in [1.165, 1.54) is 27.8 Å². The fraction of sp³-hybridized carbons (Fsp3) is 0.409. The number of hydrogen-bond acceptors (Lipinski definition) is 5. The number of anilines is 1. The van der Waals surface area contributed by atoms with Crippen LogP contribution >= 0.6 is 31.9 Å². The topological polar surface area (TPSA) is 92.1 Å². The summed E-state index contributed by atoms with van der Waals surface area (Å²) in [5, 5.41) is 17.1. The Balaban J connectivity index is 0.000000406. The van der Waals surface area contributed by atoms with Crippen molar-refractivity contribution >= 4 is 57.4 Å². The Hall–Kier alpha value is -3.07. The number of rotatable bonds is 9. The van der Waals surface area contributed by atoms with Crippen molar-refractivity contribution in [3.63, 3.8) is 0 Å². The van der Waals surface area contributed by atoms with Gasteiger partial charge in [-0.05, 0) is 112 Å². The Kier molecular flexibility index (Phi) is 21.3. The van der Waals surface area contributed by atoms with Crippen LogP contribution in [0.1, 0.15) is 118 Å². The summed E-state index contributed by atoms with van der Waals surface area (Å²) < 4.78 is 12.4. The Morgan fingerprint density at radius 3 is 1.46 bits per heavy atom. The maximum absolute atomic E-state index is 8.60. The van der Waals surface area contributed by atoms with Crippen LogP contribution in [0.25, 0.3) is 0 Å². The van der Waals surface area contributed by atoms with Gasteiger partial charge in [-0.3, -0.25) is 0 Å². The summed E-state index contributed by atoms with van der Waals surface area (Å²) in [5.74, 6) is 10.2. The third-order valence-electron chi connectivity index (χ3n) is 7.95. The Labute approximate surface area is 336 Å². The molecule has 0 radical (unpaired) electrons. The van der Waals surface area contributed by atoms with E-state index in [9.17, 15) is 0 Å². The highest BCUT2D eigenvalue weighted by Gasteiger charge is 2.18. The van der Waals surface area contributed by atoms with Crippen LogP contribution in [0.4, 0.5) is 5.69 Å². The Bertz CT molecular complexity index is 1700. The number of nitrogens with zero attached hydrogens (tertiary/aromatic N) is 1. The number of nitriles is 1. The van der Waals surface area contributed by atoms with Gasteiger partial charge in [0.2, 0.25) is 0 Å². The summed E-state index contributed by atoms with van der Waals surface area (Å²) in [4.78, 5) is 0. The number of nitrogens with two attached hydrogens (primary N) is 1. The lowest BCUT2D eigenvalue weighted by Gasteiger charge is -2.21. The molecule has 0 saturated heterocycles. The van der Waals surface area contributed by atoms with Crippen LogP contribution in [0.5, 0.6) is 11.5 Å². The second-order valence-corrected chi connectivity index (χ2v) is 19.9. The van der Waals surface area contributed by atoms with Crippen LogP contribution in [0, 0.1) is 16.7 Å². The van der Waals surface area contributed by atoms with Gasteiger partial charge in [0.1, 0.15) is 11.5 Å². The Morgan fingerprint density at radius 2 is 1.08 bits per heavy atom. The van der Waals surface area contributed by atoms with E-state index in [1.807, 2.05) is 30.3 Å². The van der Waals surface area contributed by atoms with Crippen LogP contribution in [-0.2, 0) is 6.42 Å². The molecular weight excluding hydrogens is 789 g/mol. The standard InChI is InChI=1S/C21H26BrNO.C12H18BrN.C8H7NO.3CH3.Al/c1-13(2)18-10-16(22)11-19(14(3)4)20(18)12-21(23)15-7-6-8-17(9-15)24-5;1-7(2)10-5-9(13)6-11(8(3)4)12(10)14;1-10-8-4-2-3-7(5-8)6-9;;;;/h6-11,13-14,23H,12H2,1-5H3;5-8H,14H2,1-4H3;2-5H,1H3;3*1H3;. The van der Waals surface area contributed by atoms with E-state index in [0.29, 0.717) is 41.4 Å². The molecule has 0 unspecified atom stereocenters. The molecule has 4 aromatic rings. The second-order valence-electron chi connectivity index (χ2n) is 14.6. The molecule has 8 heteroatoms. The molecule has 280 valence electrons. The van der Waals surface area contributed by atoms with Crippen LogP contribution in [0.2, 0.25) is 17.4 Å². The molecule has 0 aliphatic carbocycles. The molecule has 0 aromatic heterocycles. The van der Waals surface area contributed by atoms with Gasteiger partial charge < -0.3 is 20.6 Å². The van der Waals surface area contributed by atoms with E-state index in [1.54, 1.807) is 38.5 Å². The fourth-order valence-corrected chi connectivity index (χ4v) is 6.30. The monoisotopic (exact) mass is 847 g/mol. The first kappa shape index (κ1) is 47.0. The molecule has 3 N–H and O–H groups in total. The predicted octanol–water partition coefficient (Wildman–Crippen LogP) is 13.5. The van der Waals surface area contributed by atoms with Crippen molar-refractivity contribution in [2.75, 3.05) is 20.0 Å². The molecule has 0 bridgehead atoms. The van der Waals surface area contributed by atoms with Gasteiger partial charge >= 0.3 is 0 Å². The van der Waals surface area contributed by atoms with Gasteiger partial charge in [-0.1, -0.05) is 105 Å². The molecular formula is C44H60AlBr2N3O2. The average Bonchev–Trinajstić information content (AvgIpc) is 3.09. The molecule has 5 nitrogen and oxygen atoms in total. The minimum absolute atomic E-state index is 0.139. The number of nitrogens with one attached hydrogen (secondary N) is 1. The van der Waals surface area contributed by atoms with E-state index < -0.39 is 0 Å². The lowest BCUT2D eigenvalue weighted by molar-refractivity contribution is 0.414. The van der Waals surface area contributed by atoms with Crippen molar-refractivity contribution < 1.29 is 9.47 Å². The molecule has 0 aliphatic heterocycles. The van der Waals surface area contributed by atoms with Crippen molar-refractivity contribution in [1.29, 1.82) is 10.7 Å². The molecule has 0 spiro atoms. The minimum Gasteiger partial charge on any atom is -0.497 e. The molecule has 0 aliphatic rings. The summed E-state index contributed by atoms with van der Waals surface area (Å²) in [6, 6.07) is 25.5. The van der Waals surface area contributed by atoms with Crippen LogP contribution < -0.4 is 15.2 Å². The first-order valence-corrected chi connectivity index (χ1v) is 23.1. The van der Waals surface area contributed by atoms with Gasteiger partial charge in [0.05, 0.1) is 25.9 Å². The van der Waals surface area contributed by atoms with Crippen molar-refractivity contribution in [2.45, 2.75) is 103 Å². The van der Waals surface area contributed by atoms with E-state index in [4.69, 9.17) is 25.9 Å². The van der Waals surface area contributed by atoms with Gasteiger partial charge in [-0.2, -0.15) is 5.26 Å². The van der Waals surface area contributed by atoms with E-state index in [2.05, 4.69) is 129 Å². The average molecular weight is 850 g/mol. The SMILES string of the molecule is CC(C)c1cc(Br)cc(C(C)C)c1N.COc1cccc(C#N)c1.COc1cccc(C(=N)Cc2c(C(C)C)cc(Br)cc2C(C)C)c1.[CH3][Al]([CH3])[CH3]. The van der Waals surface area contributed by atoms with Gasteiger partial charge in [-0.15, -0.1) is 17.4 Å². The maximum Gasteiger partial charge on any atom is 0.251 e. The summed E-state index contributed by atoms with van der Waals surface area (Å²) in [7, 11) is 3.24. The largest absolute Gasteiger partial charge is 0.497 e. The van der Waals surface area contributed by atoms with Gasteiger partial charge in [-0.25, -0.2) is 0 Å². The van der Waals surface area contributed by atoms with Crippen LogP contribution in [0.15, 0.2) is 81.7 Å². The highest BCUT2D eigenvalue weighted by Crippen LogP contribution is 2.34. The predicted molar refractivity (Wildman–Crippen MR) is 234 cm³/mol. The lowest BCUT2D eigenvalue weighted by Crippen LogP contribution is -2.11. The number of hydrogen-bond donors (Lipinski definition) is 2. The molecule has 4 rings (SSSR count). The number of benzene rings is 4. The fourth-order valence-electron chi connectivity index (χ4n) is 5.31. The zero-order valence-electron chi connectivity index (χ0n) is 33.6. The first-order valence-electron chi connectivity index (χ1n) is 18.0. The van der Waals surface area contributed by atoms with Crippen molar-refractivity contribution in [1.82, 2.24) is 0 Å². The van der Waals surface area contributed by atoms with Gasteiger partial charge in [0.25, 0.3) is 14.1 Å². The lowest BCUT2D eigenvalue weighted by atomic mass is 9.85. The van der Waals surface area contributed by atoms with E-state index >= 15 is 0 Å². The van der Waals surface area contributed by atoms with Gasteiger partial charge in [0, 0.05) is 26.8 Å². The molecule has 52 heavy (non-hydrogen) atoms. The molecule has 0 saturated carbocycles. The Morgan fingerprint density at radius 1 is 0.692 bits per heavy atom. The molecule has 0 atom stereocenters. The van der Waals surface area contributed by atoms with Crippen LogP contribution in [0.3, 0.4) is 0 Å². The van der Waals surface area contributed by atoms with Crippen molar-refractivity contribution in [3.05, 3.63) is 121 Å². The number of halogens is 2. The van der Waals surface area contributed by atoms with E-state index in [0.717, 1.165) is 31.7 Å². The minimum atomic E-state index is -0.139. The van der Waals surface area contributed by atoms with Crippen molar-refractivity contribution in [3.8, 4) is 17.6 Å². The smallest absolute Gasteiger partial charge is 0.251 e. The highest BCUT2D eigenvalue weighted by atomic mass is 79.9. The van der Waals surface area contributed by atoms with E-state index in [-0.39, 0.29) is 14.1 Å². The van der Waals surface area contributed by atoms with Crippen molar-refractivity contribution in [2.24, 2.45) is 0 Å². The third-order valence-corrected chi connectivity index (χ3v) is 8.87. The molecule has 0 amide bonds. The number of methoxy groups -OCH3 is 2. The maximum atomic E-state index is 8.60. The normalized spacial score (nSPS) is 10.3. The number of nitrogen functional groups attached to an aromatic ring is 1. The second kappa shape index (κ2) is 23.6. The summed E-state index contributed by atoms with van der Waals surface area (Å²) in [5.41, 5.74) is 15.7. The van der Waals surface area contributed by atoms with Gasteiger partial charge in [0.15, 0.2) is 0 Å². The zero-order valence-corrected chi connectivity index (χ0v) is 37.9. The third kappa shape index (κ3) is 15.9. The molecule has 4 aromatic carbocycles. The molecule has 0 fully saturated rings. The van der Waals surface area contributed by atoms with Crippen LogP contribution in [-0.4, -0.2) is 34.1 Å². The summed E-state index contributed by atoms with van der Waals surface area (Å²) in [6.45, 7) is 17.5. The molecule has 0 heterocycles. The zero-order chi connectivity index (χ0) is 39.7. The first-order chi connectivity index (χ1) is 24.4. The summed E-state index contributed by atoms with van der Waals surface area (Å²) >= 11 is 7.03. The summed E-state index contributed by atoms with van der Waals surface area (Å²) in [6.07, 6.45) is 0.640.